The fourth-order valence-electron chi connectivity index (χ4n) is 2.23. The number of benzene rings is 2. The van der Waals surface area contributed by atoms with Gasteiger partial charge in [-0.25, -0.2) is 10.1 Å². The molecule has 13 heteroatoms. The summed E-state index contributed by atoms with van der Waals surface area (Å²) in [5.41, 5.74) is 3.65. The molecule has 3 rings (SSSR count). The second kappa shape index (κ2) is 9.71. The molecule has 0 atom stereocenters. The maximum atomic E-state index is 12.1. The van der Waals surface area contributed by atoms with Gasteiger partial charge in [0.15, 0.2) is 0 Å². The molecule has 0 saturated heterocycles. The zero-order valence-electron chi connectivity index (χ0n) is 15.2. The summed E-state index contributed by atoms with van der Waals surface area (Å²) >= 11 is 6.96. The van der Waals surface area contributed by atoms with Crippen molar-refractivity contribution < 1.29 is 9.72 Å². The fourth-order valence-corrected chi connectivity index (χ4v) is 3.08. The number of nitrogens with zero attached hydrogens (tertiary/aromatic N) is 5. The summed E-state index contributed by atoms with van der Waals surface area (Å²) in [6.45, 7) is 0. The first-order valence-corrected chi connectivity index (χ1v) is 9.71. The number of aromatic nitrogens is 3. The van der Waals surface area contributed by atoms with Gasteiger partial charge in [0, 0.05) is 22.8 Å². The predicted molar refractivity (Wildman–Crippen MR) is 115 cm³/mol. The van der Waals surface area contributed by atoms with E-state index in [4.69, 9.17) is 17.4 Å². The molecule has 0 aliphatic carbocycles. The van der Waals surface area contributed by atoms with Crippen LogP contribution in [0, 0.1) is 10.1 Å². The summed E-state index contributed by atoms with van der Waals surface area (Å²) in [7, 11) is 0. The number of hydrazone groups is 1. The molecule has 0 unspecified atom stereocenters. The van der Waals surface area contributed by atoms with Gasteiger partial charge in [0.05, 0.1) is 16.9 Å². The number of halogens is 1. The highest BCUT2D eigenvalue weighted by Crippen LogP contribution is 2.19. The van der Waals surface area contributed by atoms with E-state index in [1.165, 1.54) is 18.2 Å². The Labute approximate surface area is 179 Å². The zero-order chi connectivity index (χ0) is 21.5. The first-order chi connectivity index (χ1) is 14.4. The van der Waals surface area contributed by atoms with Gasteiger partial charge in [-0.05, 0) is 23.8 Å². The number of anilines is 2. The summed E-state index contributed by atoms with van der Waals surface area (Å²) in [4.78, 5) is 22.3. The molecule has 11 nitrogen and oxygen atoms in total. The van der Waals surface area contributed by atoms with Crippen molar-refractivity contribution in [1.82, 2.24) is 14.9 Å². The monoisotopic (exact) mass is 446 g/mol. The van der Waals surface area contributed by atoms with Gasteiger partial charge in [-0.2, -0.15) is 5.10 Å². The Morgan fingerprint density at radius 1 is 1.30 bits per heavy atom. The molecule has 4 N–H and O–H groups in total. The third-order valence-electron chi connectivity index (χ3n) is 3.56. The quantitative estimate of drug-likeness (QED) is 0.157. The maximum Gasteiger partial charge on any atom is 0.271 e. The fraction of sp³-hybridized carbons (Fsp3) is 0.0588. The van der Waals surface area contributed by atoms with E-state index in [2.05, 4.69) is 26.0 Å². The summed E-state index contributed by atoms with van der Waals surface area (Å²) in [5, 5.41) is 26.0. The number of hydrogen-bond acceptors (Lipinski definition) is 9. The molecular formula is C17H15ClN8O3S. The third kappa shape index (κ3) is 5.68. The Bertz CT molecular complexity index is 1100. The highest BCUT2D eigenvalue weighted by atomic mass is 35.5. The van der Waals surface area contributed by atoms with Gasteiger partial charge in [-0.15, -0.1) is 10.2 Å². The molecule has 154 valence electrons. The lowest BCUT2D eigenvalue weighted by atomic mass is 10.2. The van der Waals surface area contributed by atoms with Gasteiger partial charge in [-0.3, -0.25) is 14.9 Å². The number of hydrogen-bond donors (Lipinski definition) is 3. The van der Waals surface area contributed by atoms with Crippen LogP contribution in [0.2, 0.25) is 5.02 Å². The van der Waals surface area contributed by atoms with Gasteiger partial charge in [0.1, 0.15) is 0 Å². The molecule has 0 radical (unpaired) electrons. The van der Waals surface area contributed by atoms with E-state index in [9.17, 15) is 14.9 Å². The number of carbonyl (C=O) groups is 1. The lowest BCUT2D eigenvalue weighted by Crippen LogP contribution is -2.17. The van der Waals surface area contributed by atoms with Gasteiger partial charge in [0.25, 0.3) is 11.6 Å². The summed E-state index contributed by atoms with van der Waals surface area (Å²) in [6, 6.07) is 12.8. The minimum Gasteiger partial charge on any atom is -0.334 e. The highest BCUT2D eigenvalue weighted by molar-refractivity contribution is 7.99. The van der Waals surface area contributed by atoms with Gasteiger partial charge in [0.2, 0.25) is 11.1 Å². The Morgan fingerprint density at radius 3 is 2.87 bits per heavy atom. The molecule has 30 heavy (non-hydrogen) atoms. The number of non-ortho nitro benzene ring substituents is 1. The van der Waals surface area contributed by atoms with E-state index in [1.807, 2.05) is 6.07 Å². The first-order valence-electron chi connectivity index (χ1n) is 8.34. The van der Waals surface area contributed by atoms with Crippen LogP contribution in [0.25, 0.3) is 0 Å². The van der Waals surface area contributed by atoms with Crippen LogP contribution in [-0.2, 0) is 4.79 Å². The molecular weight excluding hydrogens is 432 g/mol. The van der Waals surface area contributed by atoms with Crippen LogP contribution in [-0.4, -0.2) is 37.7 Å². The van der Waals surface area contributed by atoms with Crippen molar-refractivity contribution in [3.05, 3.63) is 69.2 Å². The van der Waals surface area contributed by atoms with Gasteiger partial charge in [-0.1, -0.05) is 41.6 Å². The third-order valence-corrected chi connectivity index (χ3v) is 4.74. The minimum atomic E-state index is -0.537. The molecule has 1 amide bonds. The van der Waals surface area contributed by atoms with E-state index in [-0.39, 0.29) is 28.5 Å². The summed E-state index contributed by atoms with van der Waals surface area (Å²) in [5.74, 6) is 5.68. The Morgan fingerprint density at radius 2 is 2.10 bits per heavy atom. The van der Waals surface area contributed by atoms with Crippen molar-refractivity contribution in [3.8, 4) is 0 Å². The second-order valence-corrected chi connectivity index (χ2v) is 7.12. The SMILES string of the molecule is Nn1c(N/N=C/c2cccc(Cl)c2)nnc1SCC(=O)Nc1cccc([N+](=O)[O-])c1. The number of rotatable bonds is 8. The average molecular weight is 447 g/mol. The van der Waals surface area contributed by atoms with Crippen LogP contribution in [0.4, 0.5) is 17.3 Å². The lowest BCUT2D eigenvalue weighted by molar-refractivity contribution is -0.384. The van der Waals surface area contributed by atoms with Crippen LogP contribution in [0.5, 0.6) is 0 Å². The number of nitro benzene ring substituents is 1. The summed E-state index contributed by atoms with van der Waals surface area (Å²) in [6.07, 6.45) is 1.54. The van der Waals surface area contributed by atoms with Crippen LogP contribution < -0.4 is 16.6 Å². The highest BCUT2D eigenvalue weighted by Gasteiger charge is 2.13. The smallest absolute Gasteiger partial charge is 0.271 e. The molecule has 1 heterocycles. The number of nitrogens with two attached hydrogens (primary N) is 1. The van der Waals surface area contributed by atoms with Crippen molar-refractivity contribution in [2.24, 2.45) is 5.10 Å². The van der Waals surface area contributed by atoms with E-state index in [0.717, 1.165) is 22.0 Å². The maximum absolute atomic E-state index is 12.1. The van der Waals surface area contributed by atoms with Crippen molar-refractivity contribution >= 4 is 52.8 Å². The van der Waals surface area contributed by atoms with E-state index >= 15 is 0 Å². The van der Waals surface area contributed by atoms with E-state index in [0.29, 0.717) is 10.7 Å². The standard InChI is InChI=1S/C17H15ClN8O3S/c18-12-4-1-3-11(7-12)9-20-22-16-23-24-17(25(16)19)30-10-15(27)21-13-5-2-6-14(8-13)26(28)29/h1-9H,10,19H2,(H,21,27)(H,22,23)/b20-9+. The molecule has 0 saturated carbocycles. The zero-order valence-corrected chi connectivity index (χ0v) is 16.8. The molecule has 3 aromatic rings. The van der Waals surface area contributed by atoms with Crippen molar-refractivity contribution in [2.45, 2.75) is 5.16 Å². The Kier molecular flexibility index (Phi) is 6.83. The molecule has 1 aromatic heterocycles. The number of amides is 1. The van der Waals surface area contributed by atoms with Gasteiger partial charge >= 0.3 is 0 Å². The molecule has 0 bridgehead atoms. The Hall–Kier alpha value is -3.64. The second-order valence-electron chi connectivity index (χ2n) is 5.75. The number of carbonyl (C=O) groups excluding carboxylic acids is 1. The van der Waals surface area contributed by atoms with Crippen molar-refractivity contribution in [3.63, 3.8) is 0 Å². The Balaban J connectivity index is 1.54. The molecule has 0 spiro atoms. The predicted octanol–water partition coefficient (Wildman–Crippen LogP) is 2.73. The number of thioether (sulfide) groups is 1. The number of nitrogens with one attached hydrogen (secondary N) is 2. The largest absolute Gasteiger partial charge is 0.334 e. The van der Waals surface area contributed by atoms with Crippen molar-refractivity contribution in [1.29, 1.82) is 0 Å². The van der Waals surface area contributed by atoms with Crippen molar-refractivity contribution in [2.75, 3.05) is 22.3 Å². The number of nitro groups is 1. The van der Waals surface area contributed by atoms with Gasteiger partial charge < -0.3 is 11.2 Å². The molecule has 0 aliphatic rings. The van der Waals surface area contributed by atoms with Crippen LogP contribution in [0.1, 0.15) is 5.56 Å². The molecule has 0 fully saturated rings. The van der Waals surface area contributed by atoms with E-state index in [1.54, 1.807) is 30.5 Å². The van der Waals surface area contributed by atoms with E-state index < -0.39 is 4.92 Å². The average Bonchev–Trinajstić information content (AvgIpc) is 3.06. The molecule has 2 aromatic carbocycles. The normalized spacial score (nSPS) is 10.8. The van der Waals surface area contributed by atoms with Crippen LogP contribution in [0.3, 0.4) is 0 Å². The van der Waals surface area contributed by atoms with Crippen LogP contribution >= 0.6 is 23.4 Å². The molecule has 0 aliphatic heterocycles. The lowest BCUT2D eigenvalue weighted by Gasteiger charge is -2.05. The topological polar surface area (TPSA) is 153 Å². The summed E-state index contributed by atoms with van der Waals surface area (Å²) < 4.78 is 1.15. The van der Waals surface area contributed by atoms with Crippen LogP contribution in [0.15, 0.2) is 58.8 Å². The first kappa shape index (κ1) is 21.1. The number of nitrogen functional groups attached to an aromatic ring is 1. The minimum absolute atomic E-state index is 0.0240.